The molecule has 1 unspecified atom stereocenters. The Morgan fingerprint density at radius 1 is 1.59 bits per heavy atom. The average Bonchev–Trinajstić information content (AvgIpc) is 2.82. The summed E-state index contributed by atoms with van der Waals surface area (Å²) in [7, 11) is 0. The molecular weight excluding hydrogens is 226 g/mol. The third-order valence-electron chi connectivity index (χ3n) is 2.61. The molecule has 1 heterocycles. The van der Waals surface area contributed by atoms with Crippen molar-refractivity contribution in [3.8, 4) is 5.75 Å². The fourth-order valence-electron chi connectivity index (χ4n) is 1.70. The van der Waals surface area contributed by atoms with Crippen molar-refractivity contribution in [3.63, 3.8) is 0 Å². The van der Waals surface area contributed by atoms with Gasteiger partial charge in [0.1, 0.15) is 11.9 Å². The number of nitrogens with zero attached hydrogens (tertiary/aromatic N) is 1. The van der Waals surface area contributed by atoms with Gasteiger partial charge in [-0.3, -0.25) is 10.1 Å². The van der Waals surface area contributed by atoms with E-state index in [1.807, 2.05) is 0 Å². The van der Waals surface area contributed by atoms with Gasteiger partial charge >= 0.3 is 0 Å². The highest BCUT2D eigenvalue weighted by Gasteiger charge is 2.19. The van der Waals surface area contributed by atoms with Crippen LogP contribution in [-0.4, -0.2) is 29.3 Å². The van der Waals surface area contributed by atoms with Crippen molar-refractivity contribution in [1.29, 1.82) is 0 Å². The van der Waals surface area contributed by atoms with Crippen molar-refractivity contribution >= 4 is 5.69 Å². The standard InChI is InChI=1S/C11H13NO5/c13-6-8-5-9(12(14)15)1-2-11(8)17-10-3-4-16-7-10/h1-2,5,10,13H,3-4,6-7H2. The number of rotatable bonds is 4. The molecule has 1 fully saturated rings. The molecule has 0 spiro atoms. The minimum atomic E-state index is -0.498. The first-order chi connectivity index (χ1) is 8.20. The van der Waals surface area contributed by atoms with Gasteiger partial charge in [-0.15, -0.1) is 0 Å². The van der Waals surface area contributed by atoms with E-state index in [0.29, 0.717) is 24.5 Å². The van der Waals surface area contributed by atoms with E-state index >= 15 is 0 Å². The smallest absolute Gasteiger partial charge is 0.270 e. The monoisotopic (exact) mass is 239 g/mol. The van der Waals surface area contributed by atoms with Gasteiger partial charge in [0.15, 0.2) is 0 Å². The number of aliphatic hydroxyl groups excluding tert-OH is 1. The Labute approximate surface area is 97.9 Å². The topological polar surface area (TPSA) is 81.8 Å². The summed E-state index contributed by atoms with van der Waals surface area (Å²) in [5.74, 6) is 0.480. The van der Waals surface area contributed by atoms with Gasteiger partial charge in [0.2, 0.25) is 0 Å². The van der Waals surface area contributed by atoms with Crippen molar-refractivity contribution in [2.24, 2.45) is 0 Å². The largest absolute Gasteiger partial charge is 0.488 e. The van der Waals surface area contributed by atoms with Gasteiger partial charge in [0.05, 0.1) is 24.7 Å². The van der Waals surface area contributed by atoms with Crippen LogP contribution in [-0.2, 0) is 11.3 Å². The van der Waals surface area contributed by atoms with Gasteiger partial charge in [0, 0.05) is 24.1 Å². The number of nitro benzene ring substituents is 1. The Morgan fingerprint density at radius 2 is 2.41 bits per heavy atom. The lowest BCUT2D eigenvalue weighted by Crippen LogP contribution is -2.16. The van der Waals surface area contributed by atoms with E-state index in [9.17, 15) is 10.1 Å². The van der Waals surface area contributed by atoms with Crippen LogP contribution >= 0.6 is 0 Å². The molecule has 1 aliphatic rings. The van der Waals surface area contributed by atoms with Crippen LogP contribution in [0.1, 0.15) is 12.0 Å². The highest BCUT2D eigenvalue weighted by molar-refractivity contribution is 5.43. The van der Waals surface area contributed by atoms with E-state index in [1.165, 1.54) is 18.2 Å². The van der Waals surface area contributed by atoms with Crippen LogP contribution in [0.3, 0.4) is 0 Å². The first-order valence-corrected chi connectivity index (χ1v) is 5.33. The second kappa shape index (κ2) is 5.11. The van der Waals surface area contributed by atoms with Gasteiger partial charge in [-0.25, -0.2) is 0 Å². The molecule has 0 saturated carbocycles. The molecule has 0 aliphatic carbocycles. The third-order valence-corrected chi connectivity index (χ3v) is 2.61. The predicted molar refractivity (Wildman–Crippen MR) is 58.9 cm³/mol. The van der Waals surface area contributed by atoms with Crippen LogP contribution in [0.15, 0.2) is 18.2 Å². The molecule has 1 N–H and O–H groups in total. The molecule has 0 aromatic heterocycles. The molecule has 0 bridgehead atoms. The molecule has 6 heteroatoms. The van der Waals surface area contributed by atoms with Crippen molar-refractivity contribution in [2.75, 3.05) is 13.2 Å². The fourth-order valence-corrected chi connectivity index (χ4v) is 1.70. The number of hydrogen-bond acceptors (Lipinski definition) is 5. The van der Waals surface area contributed by atoms with Crippen molar-refractivity contribution < 1.29 is 19.5 Å². The van der Waals surface area contributed by atoms with Crippen LogP contribution < -0.4 is 4.74 Å². The zero-order valence-corrected chi connectivity index (χ0v) is 9.17. The Hall–Kier alpha value is -1.66. The van der Waals surface area contributed by atoms with Crippen molar-refractivity contribution in [3.05, 3.63) is 33.9 Å². The van der Waals surface area contributed by atoms with E-state index in [-0.39, 0.29) is 18.4 Å². The zero-order chi connectivity index (χ0) is 12.3. The SMILES string of the molecule is O=[N+]([O-])c1ccc(OC2CCOC2)c(CO)c1. The Kier molecular flexibility index (Phi) is 3.55. The minimum Gasteiger partial charge on any atom is -0.488 e. The number of benzene rings is 1. The maximum atomic E-state index is 10.6. The molecule has 2 rings (SSSR count). The lowest BCUT2D eigenvalue weighted by Gasteiger charge is -2.14. The number of nitro groups is 1. The van der Waals surface area contributed by atoms with Crippen molar-refractivity contribution in [1.82, 2.24) is 0 Å². The minimum absolute atomic E-state index is 0.0400. The molecule has 6 nitrogen and oxygen atoms in total. The van der Waals surface area contributed by atoms with Gasteiger partial charge in [0.25, 0.3) is 5.69 Å². The maximum absolute atomic E-state index is 10.6. The molecule has 17 heavy (non-hydrogen) atoms. The van der Waals surface area contributed by atoms with E-state index in [2.05, 4.69) is 0 Å². The number of aliphatic hydroxyl groups is 1. The summed E-state index contributed by atoms with van der Waals surface area (Å²) in [5, 5.41) is 19.8. The Bertz CT molecular complexity index is 414. The average molecular weight is 239 g/mol. The number of hydrogen-bond donors (Lipinski definition) is 1. The molecule has 1 saturated heterocycles. The summed E-state index contributed by atoms with van der Waals surface area (Å²) in [6, 6.07) is 4.21. The van der Waals surface area contributed by atoms with Gasteiger partial charge in [-0.2, -0.15) is 0 Å². The van der Waals surface area contributed by atoms with Crippen LogP contribution in [0.25, 0.3) is 0 Å². The van der Waals surface area contributed by atoms with Gasteiger partial charge in [-0.05, 0) is 6.07 Å². The molecule has 1 aliphatic heterocycles. The molecule has 1 aromatic carbocycles. The lowest BCUT2D eigenvalue weighted by molar-refractivity contribution is -0.385. The highest BCUT2D eigenvalue weighted by Crippen LogP contribution is 2.26. The number of ether oxygens (including phenoxy) is 2. The fraction of sp³-hybridized carbons (Fsp3) is 0.455. The van der Waals surface area contributed by atoms with Crippen LogP contribution in [0, 0.1) is 10.1 Å². The Morgan fingerprint density at radius 3 is 3.00 bits per heavy atom. The Balaban J connectivity index is 2.18. The van der Waals surface area contributed by atoms with Crippen LogP contribution in [0.5, 0.6) is 5.75 Å². The van der Waals surface area contributed by atoms with E-state index in [1.54, 1.807) is 0 Å². The highest BCUT2D eigenvalue weighted by atomic mass is 16.6. The lowest BCUT2D eigenvalue weighted by atomic mass is 10.2. The van der Waals surface area contributed by atoms with Gasteiger partial charge < -0.3 is 14.6 Å². The van der Waals surface area contributed by atoms with Crippen molar-refractivity contribution in [2.45, 2.75) is 19.1 Å². The van der Waals surface area contributed by atoms with E-state index in [0.717, 1.165) is 6.42 Å². The molecule has 1 aromatic rings. The molecule has 0 radical (unpaired) electrons. The maximum Gasteiger partial charge on any atom is 0.270 e. The summed E-state index contributed by atoms with van der Waals surface area (Å²) in [6.45, 7) is 0.887. The second-order valence-corrected chi connectivity index (χ2v) is 3.81. The van der Waals surface area contributed by atoms with Crippen LogP contribution in [0.2, 0.25) is 0 Å². The molecular formula is C11H13NO5. The first-order valence-electron chi connectivity index (χ1n) is 5.33. The summed E-state index contributed by atoms with van der Waals surface area (Å²) >= 11 is 0. The molecule has 0 amide bonds. The summed E-state index contributed by atoms with van der Waals surface area (Å²) < 4.78 is 10.8. The predicted octanol–water partition coefficient (Wildman–Crippen LogP) is 1.25. The van der Waals surface area contributed by atoms with E-state index < -0.39 is 4.92 Å². The summed E-state index contributed by atoms with van der Waals surface area (Å²) in [4.78, 5) is 10.1. The van der Waals surface area contributed by atoms with Crippen LogP contribution in [0.4, 0.5) is 5.69 Å². The van der Waals surface area contributed by atoms with E-state index in [4.69, 9.17) is 14.6 Å². The quantitative estimate of drug-likeness (QED) is 0.631. The second-order valence-electron chi connectivity index (χ2n) is 3.81. The normalized spacial score (nSPS) is 19.2. The third kappa shape index (κ3) is 2.72. The zero-order valence-electron chi connectivity index (χ0n) is 9.17. The number of non-ortho nitro benzene ring substituents is 1. The molecule has 92 valence electrons. The first kappa shape index (κ1) is 11.8. The summed E-state index contributed by atoms with van der Waals surface area (Å²) in [5.41, 5.74) is 0.371. The summed E-state index contributed by atoms with van der Waals surface area (Å²) in [6.07, 6.45) is 0.753. The van der Waals surface area contributed by atoms with Gasteiger partial charge in [-0.1, -0.05) is 0 Å². The molecule has 1 atom stereocenters.